The fraction of sp³-hybridized carbons (Fsp3) is 0.133. The molecule has 0 fully saturated rings. The minimum atomic E-state index is -0.0722. The third kappa shape index (κ3) is 2.31. The van der Waals surface area contributed by atoms with Gasteiger partial charge in [-0.2, -0.15) is 0 Å². The van der Waals surface area contributed by atoms with Crippen molar-refractivity contribution < 1.29 is 9.21 Å². The van der Waals surface area contributed by atoms with Crippen molar-refractivity contribution in [1.82, 2.24) is 0 Å². The standard InChI is InChI=1S/C15H11ClO2S/c1-2-11-4-6-14(19-11)15(17)13-8-9-7-10(16)3-5-12(9)18-13/h3-8H,2H2,1H3. The quantitative estimate of drug-likeness (QED) is 0.640. The summed E-state index contributed by atoms with van der Waals surface area (Å²) < 4.78 is 5.58. The molecule has 2 aromatic heterocycles. The van der Waals surface area contributed by atoms with E-state index in [1.54, 1.807) is 24.3 Å². The summed E-state index contributed by atoms with van der Waals surface area (Å²) >= 11 is 7.44. The van der Waals surface area contributed by atoms with Crippen LogP contribution in [-0.2, 0) is 6.42 Å². The summed E-state index contributed by atoms with van der Waals surface area (Å²) in [5.41, 5.74) is 0.681. The van der Waals surface area contributed by atoms with E-state index in [4.69, 9.17) is 16.0 Å². The molecule has 1 aromatic carbocycles. The van der Waals surface area contributed by atoms with Crippen LogP contribution >= 0.6 is 22.9 Å². The first-order valence-corrected chi connectivity index (χ1v) is 7.19. The normalized spacial score (nSPS) is 11.1. The molecule has 0 saturated heterocycles. The maximum Gasteiger partial charge on any atom is 0.238 e. The zero-order valence-corrected chi connectivity index (χ0v) is 11.8. The summed E-state index contributed by atoms with van der Waals surface area (Å²) in [6.45, 7) is 2.07. The first-order chi connectivity index (χ1) is 9.17. The molecule has 0 aliphatic rings. The summed E-state index contributed by atoms with van der Waals surface area (Å²) in [5.74, 6) is 0.291. The lowest BCUT2D eigenvalue weighted by Crippen LogP contribution is -1.95. The average Bonchev–Trinajstić information content (AvgIpc) is 3.03. The Balaban J connectivity index is 2.01. The smallest absolute Gasteiger partial charge is 0.238 e. The van der Waals surface area contributed by atoms with Crippen LogP contribution in [0.4, 0.5) is 0 Å². The van der Waals surface area contributed by atoms with Gasteiger partial charge in [0.25, 0.3) is 0 Å². The van der Waals surface area contributed by atoms with Crippen molar-refractivity contribution in [2.45, 2.75) is 13.3 Å². The van der Waals surface area contributed by atoms with Crippen molar-refractivity contribution in [3.8, 4) is 0 Å². The molecule has 0 atom stereocenters. The van der Waals surface area contributed by atoms with Crippen LogP contribution < -0.4 is 0 Å². The van der Waals surface area contributed by atoms with Crippen molar-refractivity contribution in [1.29, 1.82) is 0 Å². The van der Waals surface area contributed by atoms with Gasteiger partial charge in [0.15, 0.2) is 5.76 Å². The van der Waals surface area contributed by atoms with E-state index in [1.165, 1.54) is 16.2 Å². The Hall–Kier alpha value is -1.58. The van der Waals surface area contributed by atoms with E-state index in [0.29, 0.717) is 21.2 Å². The van der Waals surface area contributed by atoms with Gasteiger partial charge in [0, 0.05) is 15.3 Å². The number of fused-ring (bicyclic) bond motifs is 1. The highest BCUT2D eigenvalue weighted by molar-refractivity contribution is 7.14. The second kappa shape index (κ2) is 4.83. The van der Waals surface area contributed by atoms with Crippen molar-refractivity contribution >= 4 is 39.7 Å². The molecule has 4 heteroatoms. The van der Waals surface area contributed by atoms with Crippen LogP contribution in [0, 0.1) is 0 Å². The average molecular weight is 291 g/mol. The monoisotopic (exact) mass is 290 g/mol. The second-order valence-electron chi connectivity index (χ2n) is 4.24. The highest BCUT2D eigenvalue weighted by Crippen LogP contribution is 2.26. The van der Waals surface area contributed by atoms with Crippen LogP contribution in [-0.4, -0.2) is 5.78 Å². The molecule has 0 saturated carbocycles. The zero-order chi connectivity index (χ0) is 13.4. The summed E-state index contributed by atoms with van der Waals surface area (Å²) in [7, 11) is 0. The predicted molar refractivity (Wildman–Crippen MR) is 78.4 cm³/mol. The van der Waals surface area contributed by atoms with Gasteiger partial charge in [-0.05, 0) is 42.8 Å². The van der Waals surface area contributed by atoms with E-state index in [9.17, 15) is 4.79 Å². The Morgan fingerprint density at radius 2 is 2.11 bits per heavy atom. The zero-order valence-electron chi connectivity index (χ0n) is 10.3. The van der Waals surface area contributed by atoms with Crippen LogP contribution in [0.25, 0.3) is 11.0 Å². The van der Waals surface area contributed by atoms with Gasteiger partial charge < -0.3 is 4.42 Å². The molecular weight excluding hydrogens is 280 g/mol. The molecule has 0 N–H and O–H groups in total. The van der Waals surface area contributed by atoms with Crippen LogP contribution in [0.3, 0.4) is 0 Å². The molecule has 3 rings (SSSR count). The van der Waals surface area contributed by atoms with E-state index < -0.39 is 0 Å². The van der Waals surface area contributed by atoms with Gasteiger partial charge in [0.1, 0.15) is 5.58 Å². The predicted octanol–water partition coefficient (Wildman–Crippen LogP) is 4.94. The van der Waals surface area contributed by atoms with Gasteiger partial charge in [-0.3, -0.25) is 4.79 Å². The summed E-state index contributed by atoms with van der Waals surface area (Å²) in [5, 5.41) is 1.49. The number of carbonyl (C=O) groups excluding carboxylic acids is 1. The maximum absolute atomic E-state index is 12.3. The van der Waals surface area contributed by atoms with Crippen molar-refractivity contribution in [2.75, 3.05) is 0 Å². The van der Waals surface area contributed by atoms with E-state index in [2.05, 4.69) is 6.92 Å². The van der Waals surface area contributed by atoms with Crippen molar-refractivity contribution in [3.63, 3.8) is 0 Å². The van der Waals surface area contributed by atoms with Crippen LogP contribution in [0.2, 0.25) is 5.02 Å². The highest BCUT2D eigenvalue weighted by Gasteiger charge is 2.16. The maximum atomic E-state index is 12.3. The van der Waals surface area contributed by atoms with Gasteiger partial charge in [0.2, 0.25) is 5.78 Å². The third-order valence-corrected chi connectivity index (χ3v) is 4.40. The number of rotatable bonds is 3. The van der Waals surface area contributed by atoms with Gasteiger partial charge in [-0.25, -0.2) is 0 Å². The topological polar surface area (TPSA) is 30.2 Å². The van der Waals surface area contributed by atoms with Crippen molar-refractivity contribution in [2.24, 2.45) is 0 Å². The van der Waals surface area contributed by atoms with Crippen LogP contribution in [0.15, 0.2) is 40.8 Å². The fourth-order valence-electron chi connectivity index (χ4n) is 1.94. The van der Waals surface area contributed by atoms with Crippen LogP contribution in [0.5, 0.6) is 0 Å². The largest absolute Gasteiger partial charge is 0.453 e. The molecule has 2 heterocycles. The molecule has 3 aromatic rings. The molecule has 19 heavy (non-hydrogen) atoms. The van der Waals surface area contributed by atoms with E-state index >= 15 is 0 Å². The number of carbonyl (C=O) groups is 1. The summed E-state index contributed by atoms with van der Waals surface area (Å²) in [4.78, 5) is 14.2. The van der Waals surface area contributed by atoms with Gasteiger partial charge in [-0.1, -0.05) is 18.5 Å². The lowest BCUT2D eigenvalue weighted by atomic mass is 10.2. The Morgan fingerprint density at radius 3 is 2.84 bits per heavy atom. The molecule has 0 radical (unpaired) electrons. The Kier molecular flexibility index (Phi) is 3.17. The number of benzene rings is 1. The number of ketones is 1. The Bertz CT molecular complexity index is 754. The number of halogens is 1. The first-order valence-electron chi connectivity index (χ1n) is 6.00. The number of aryl methyl sites for hydroxylation is 1. The summed E-state index contributed by atoms with van der Waals surface area (Å²) in [6.07, 6.45) is 0.938. The molecule has 0 spiro atoms. The van der Waals surface area contributed by atoms with Crippen molar-refractivity contribution in [3.05, 3.63) is 56.9 Å². The van der Waals surface area contributed by atoms with Gasteiger partial charge in [0.05, 0.1) is 4.88 Å². The summed E-state index contributed by atoms with van der Waals surface area (Å²) in [6, 6.07) is 10.9. The molecular formula is C15H11ClO2S. The molecule has 0 bridgehead atoms. The minimum absolute atomic E-state index is 0.0722. The lowest BCUT2D eigenvalue weighted by Gasteiger charge is -1.91. The minimum Gasteiger partial charge on any atom is -0.453 e. The third-order valence-electron chi connectivity index (χ3n) is 2.94. The van der Waals surface area contributed by atoms with E-state index in [0.717, 1.165) is 11.8 Å². The van der Waals surface area contributed by atoms with E-state index in [1.807, 2.05) is 12.1 Å². The SMILES string of the molecule is CCc1ccc(C(=O)c2cc3cc(Cl)ccc3o2)s1. The lowest BCUT2D eigenvalue weighted by molar-refractivity contribution is 0.101. The number of furan rings is 1. The number of thiophene rings is 1. The molecule has 0 unspecified atom stereocenters. The highest BCUT2D eigenvalue weighted by atomic mass is 35.5. The van der Waals surface area contributed by atoms with E-state index in [-0.39, 0.29) is 5.78 Å². The van der Waals surface area contributed by atoms with Crippen LogP contribution in [0.1, 0.15) is 27.2 Å². The van der Waals surface area contributed by atoms with Gasteiger partial charge >= 0.3 is 0 Å². The second-order valence-corrected chi connectivity index (χ2v) is 5.85. The fourth-order valence-corrected chi connectivity index (χ4v) is 3.01. The number of hydrogen-bond donors (Lipinski definition) is 0. The molecule has 0 amide bonds. The first kappa shape index (κ1) is 12.5. The molecule has 96 valence electrons. The molecule has 2 nitrogen and oxygen atoms in total. The molecule has 0 aliphatic heterocycles. The number of hydrogen-bond acceptors (Lipinski definition) is 3. The van der Waals surface area contributed by atoms with Gasteiger partial charge in [-0.15, -0.1) is 11.3 Å². The Labute approximate surface area is 119 Å². The molecule has 0 aliphatic carbocycles. The Morgan fingerprint density at radius 1 is 1.26 bits per heavy atom.